The van der Waals surface area contributed by atoms with E-state index >= 15 is 0 Å². The minimum absolute atomic E-state index is 0.328. The Balaban J connectivity index is 2.29. The average Bonchev–Trinajstić information content (AvgIpc) is 2.14. The minimum Gasteiger partial charge on any atom is -0.393 e. The van der Waals surface area contributed by atoms with E-state index in [4.69, 9.17) is 0 Å². The van der Waals surface area contributed by atoms with Crippen LogP contribution in [0.2, 0.25) is 0 Å². The monoisotopic (exact) mass is 177 g/mol. The van der Waals surface area contributed by atoms with Crippen LogP contribution in [0.25, 0.3) is 0 Å². The lowest BCUT2D eigenvalue weighted by molar-refractivity contribution is -0.120. The Labute approximate surface area is 76.4 Å². The van der Waals surface area contributed by atoms with E-state index in [-0.39, 0.29) is 6.10 Å². The van der Waals surface area contributed by atoms with Crippen molar-refractivity contribution in [3.8, 4) is 0 Å². The molecule has 0 unspecified atom stereocenters. The van der Waals surface area contributed by atoms with Crippen LogP contribution < -0.4 is 0 Å². The Morgan fingerprint density at radius 3 is 2.85 bits per heavy atom. The van der Waals surface area contributed by atoms with E-state index < -0.39 is 5.41 Å². The first-order valence-electron chi connectivity index (χ1n) is 4.32. The summed E-state index contributed by atoms with van der Waals surface area (Å²) in [6.45, 7) is 0. The third kappa shape index (κ3) is 1.25. The molecule has 68 valence electrons. The van der Waals surface area contributed by atoms with Crippen molar-refractivity contribution >= 4 is 6.29 Å². The summed E-state index contributed by atoms with van der Waals surface area (Å²) in [5.74, 6) is 0. The van der Waals surface area contributed by atoms with Gasteiger partial charge in [0.1, 0.15) is 6.29 Å². The molecule has 1 saturated carbocycles. The number of nitrogens with zero attached hydrogens (tertiary/aromatic N) is 1. The van der Waals surface area contributed by atoms with Crippen LogP contribution in [0, 0.1) is 0 Å². The summed E-state index contributed by atoms with van der Waals surface area (Å²) in [7, 11) is 0. The third-order valence-electron chi connectivity index (χ3n) is 2.66. The van der Waals surface area contributed by atoms with Crippen LogP contribution in [0.5, 0.6) is 0 Å². The number of carbonyl (C=O) groups is 1. The van der Waals surface area contributed by atoms with Crippen LogP contribution in [0.3, 0.4) is 0 Å². The highest BCUT2D eigenvalue weighted by atomic mass is 16.3. The molecule has 1 aliphatic carbocycles. The zero-order valence-corrected chi connectivity index (χ0v) is 7.18. The topological polar surface area (TPSA) is 50.2 Å². The summed E-state index contributed by atoms with van der Waals surface area (Å²) < 4.78 is 0. The molecule has 3 heteroatoms. The molecule has 0 bridgehead atoms. The van der Waals surface area contributed by atoms with Gasteiger partial charge in [-0.1, -0.05) is 6.07 Å². The van der Waals surface area contributed by atoms with Gasteiger partial charge in [0.05, 0.1) is 11.5 Å². The summed E-state index contributed by atoms with van der Waals surface area (Å²) >= 11 is 0. The third-order valence-corrected chi connectivity index (χ3v) is 2.66. The number of rotatable bonds is 2. The number of aliphatic hydroxyl groups excluding tert-OH is 1. The van der Waals surface area contributed by atoms with Gasteiger partial charge >= 0.3 is 0 Å². The van der Waals surface area contributed by atoms with E-state index in [1.54, 1.807) is 12.4 Å². The van der Waals surface area contributed by atoms with Crippen molar-refractivity contribution < 1.29 is 9.90 Å². The number of carbonyl (C=O) groups excluding carboxylic acids is 1. The van der Waals surface area contributed by atoms with Gasteiger partial charge < -0.3 is 9.90 Å². The zero-order chi connectivity index (χ0) is 9.31. The maximum atomic E-state index is 10.9. The molecule has 0 atom stereocenters. The number of aromatic nitrogens is 1. The Hall–Kier alpha value is -1.22. The fraction of sp³-hybridized carbons (Fsp3) is 0.400. The molecular formula is C10H11NO2. The molecular weight excluding hydrogens is 166 g/mol. The molecule has 0 amide bonds. The van der Waals surface area contributed by atoms with Crippen molar-refractivity contribution in [2.24, 2.45) is 0 Å². The van der Waals surface area contributed by atoms with Crippen LogP contribution in [0.15, 0.2) is 24.5 Å². The standard InChI is InChI=1S/C10H11NO2/c12-7-10(4-9(13)5-10)8-2-1-3-11-6-8/h1-3,6-7,9,13H,4-5H2. The Morgan fingerprint density at radius 1 is 1.62 bits per heavy atom. The first kappa shape index (κ1) is 8.38. The normalized spacial score (nSPS) is 32.2. The first-order valence-corrected chi connectivity index (χ1v) is 4.32. The number of hydrogen-bond donors (Lipinski definition) is 1. The van der Waals surface area contributed by atoms with Gasteiger partial charge in [-0.3, -0.25) is 4.98 Å². The second-order valence-corrected chi connectivity index (χ2v) is 3.58. The molecule has 3 nitrogen and oxygen atoms in total. The van der Waals surface area contributed by atoms with Crippen molar-refractivity contribution in [3.05, 3.63) is 30.1 Å². The van der Waals surface area contributed by atoms with Gasteiger partial charge in [-0.2, -0.15) is 0 Å². The first-order chi connectivity index (χ1) is 6.27. The van der Waals surface area contributed by atoms with Gasteiger partial charge in [0.15, 0.2) is 0 Å². The van der Waals surface area contributed by atoms with Crippen molar-refractivity contribution in [2.45, 2.75) is 24.4 Å². The molecule has 1 fully saturated rings. The molecule has 2 rings (SSSR count). The lowest BCUT2D eigenvalue weighted by atomic mass is 9.64. The van der Waals surface area contributed by atoms with E-state index in [1.807, 2.05) is 12.1 Å². The molecule has 0 aliphatic heterocycles. The van der Waals surface area contributed by atoms with Gasteiger partial charge in [0.2, 0.25) is 0 Å². The molecule has 1 N–H and O–H groups in total. The van der Waals surface area contributed by atoms with Crippen molar-refractivity contribution in [1.82, 2.24) is 4.98 Å². The highest BCUT2D eigenvalue weighted by molar-refractivity contribution is 5.70. The van der Waals surface area contributed by atoms with E-state index in [0.717, 1.165) is 11.8 Å². The van der Waals surface area contributed by atoms with Gasteiger partial charge in [-0.25, -0.2) is 0 Å². The van der Waals surface area contributed by atoms with Crippen LogP contribution in [-0.2, 0) is 10.2 Å². The predicted molar refractivity (Wildman–Crippen MR) is 47.2 cm³/mol. The quantitative estimate of drug-likeness (QED) is 0.675. The van der Waals surface area contributed by atoms with E-state index in [1.165, 1.54) is 0 Å². The summed E-state index contributed by atoms with van der Waals surface area (Å²) in [6, 6.07) is 3.69. The van der Waals surface area contributed by atoms with Crippen molar-refractivity contribution in [2.75, 3.05) is 0 Å². The molecule has 1 heterocycles. The molecule has 13 heavy (non-hydrogen) atoms. The maximum Gasteiger partial charge on any atom is 0.130 e. The van der Waals surface area contributed by atoms with Crippen molar-refractivity contribution in [1.29, 1.82) is 0 Å². The Bertz CT molecular complexity index is 304. The van der Waals surface area contributed by atoms with E-state index in [9.17, 15) is 9.90 Å². The van der Waals surface area contributed by atoms with E-state index in [2.05, 4.69) is 4.98 Å². The average molecular weight is 177 g/mol. The molecule has 0 radical (unpaired) electrons. The minimum atomic E-state index is -0.465. The summed E-state index contributed by atoms with van der Waals surface area (Å²) in [5.41, 5.74) is 0.448. The SMILES string of the molecule is O=CC1(c2cccnc2)CC(O)C1. The van der Waals surface area contributed by atoms with Crippen molar-refractivity contribution in [3.63, 3.8) is 0 Å². The molecule has 0 saturated heterocycles. The van der Waals surface area contributed by atoms with Crippen LogP contribution in [0.4, 0.5) is 0 Å². The number of aldehydes is 1. The molecule has 1 aromatic heterocycles. The highest BCUT2D eigenvalue weighted by Crippen LogP contribution is 2.41. The Morgan fingerprint density at radius 2 is 2.38 bits per heavy atom. The lowest BCUT2D eigenvalue weighted by Crippen LogP contribution is -2.45. The number of pyridine rings is 1. The molecule has 0 aromatic carbocycles. The van der Waals surface area contributed by atoms with E-state index in [0.29, 0.717) is 12.8 Å². The summed E-state index contributed by atoms with van der Waals surface area (Å²) in [4.78, 5) is 14.9. The fourth-order valence-corrected chi connectivity index (χ4v) is 1.84. The smallest absolute Gasteiger partial charge is 0.130 e. The fourth-order valence-electron chi connectivity index (χ4n) is 1.84. The second kappa shape index (κ2) is 2.92. The molecule has 0 spiro atoms. The zero-order valence-electron chi connectivity index (χ0n) is 7.18. The maximum absolute atomic E-state index is 10.9. The number of aliphatic hydroxyl groups is 1. The van der Waals surface area contributed by atoms with Gasteiger partial charge in [-0.05, 0) is 24.5 Å². The van der Waals surface area contributed by atoms with Gasteiger partial charge in [0, 0.05) is 12.4 Å². The van der Waals surface area contributed by atoms with Crippen LogP contribution in [0.1, 0.15) is 18.4 Å². The molecule has 1 aliphatic rings. The van der Waals surface area contributed by atoms with Gasteiger partial charge in [-0.15, -0.1) is 0 Å². The summed E-state index contributed by atoms with van der Waals surface area (Å²) in [6.07, 6.45) is 5.03. The molecule has 1 aromatic rings. The lowest BCUT2D eigenvalue weighted by Gasteiger charge is -2.41. The summed E-state index contributed by atoms with van der Waals surface area (Å²) in [5, 5.41) is 9.20. The highest BCUT2D eigenvalue weighted by Gasteiger charge is 2.44. The largest absolute Gasteiger partial charge is 0.393 e. The van der Waals surface area contributed by atoms with Crippen LogP contribution in [-0.4, -0.2) is 22.5 Å². The number of hydrogen-bond acceptors (Lipinski definition) is 3. The second-order valence-electron chi connectivity index (χ2n) is 3.58. The Kier molecular flexibility index (Phi) is 1.88. The van der Waals surface area contributed by atoms with Gasteiger partial charge in [0.25, 0.3) is 0 Å². The predicted octanol–water partition coefficient (Wildman–Crippen LogP) is 0.673. The van der Waals surface area contributed by atoms with Crippen LogP contribution >= 0.6 is 0 Å².